The molecule has 1 N–H and O–H groups in total. The highest BCUT2D eigenvalue weighted by molar-refractivity contribution is 7.12. The van der Waals surface area contributed by atoms with E-state index in [2.05, 4.69) is 5.32 Å². The molecule has 19 heavy (non-hydrogen) atoms. The third-order valence-electron chi connectivity index (χ3n) is 4.27. The molecular weight excluding hydrogens is 256 g/mol. The van der Waals surface area contributed by atoms with Crippen molar-refractivity contribution in [2.75, 3.05) is 13.1 Å². The quantitative estimate of drug-likeness (QED) is 0.922. The molecule has 104 valence electrons. The normalized spacial score (nSPS) is 24.8. The third-order valence-corrected chi connectivity index (χ3v) is 5.12. The number of hydrogen-bond acceptors (Lipinski definition) is 3. The highest BCUT2D eigenvalue weighted by atomic mass is 32.1. The van der Waals surface area contributed by atoms with Crippen LogP contribution in [-0.4, -0.2) is 36.0 Å². The number of amides is 1. The Bertz CT molecular complexity index is 412. The lowest BCUT2D eigenvalue weighted by Gasteiger charge is -2.34. The minimum atomic E-state index is 0.216. The van der Waals surface area contributed by atoms with E-state index in [0.29, 0.717) is 12.1 Å². The largest absolute Gasteiger partial charge is 0.336 e. The summed E-state index contributed by atoms with van der Waals surface area (Å²) in [6, 6.07) is 5.08. The van der Waals surface area contributed by atoms with Gasteiger partial charge in [-0.15, -0.1) is 11.3 Å². The molecule has 1 saturated heterocycles. The van der Waals surface area contributed by atoms with Gasteiger partial charge in [0.1, 0.15) is 0 Å². The summed E-state index contributed by atoms with van der Waals surface area (Å²) in [6.07, 6.45) is 7.70. The molecule has 1 unspecified atom stereocenters. The molecule has 1 aromatic heterocycles. The molecule has 1 aliphatic carbocycles. The molecule has 1 amide bonds. The third kappa shape index (κ3) is 3.18. The second kappa shape index (κ2) is 6.06. The fourth-order valence-corrected chi connectivity index (χ4v) is 3.97. The van der Waals surface area contributed by atoms with E-state index in [1.54, 1.807) is 11.3 Å². The van der Waals surface area contributed by atoms with Gasteiger partial charge in [0.05, 0.1) is 4.88 Å². The van der Waals surface area contributed by atoms with Crippen molar-refractivity contribution >= 4 is 17.2 Å². The first-order valence-electron chi connectivity index (χ1n) is 7.42. The van der Waals surface area contributed by atoms with Gasteiger partial charge in [0.25, 0.3) is 5.91 Å². The SMILES string of the molecule is O=C(c1cccs1)N1CCCC(NC2CCCC2)C1. The van der Waals surface area contributed by atoms with Crippen LogP contribution in [0, 0.1) is 0 Å². The number of carbonyl (C=O) groups is 1. The Hall–Kier alpha value is -0.870. The van der Waals surface area contributed by atoms with E-state index >= 15 is 0 Å². The number of thiophene rings is 1. The van der Waals surface area contributed by atoms with Gasteiger partial charge < -0.3 is 10.2 Å². The summed E-state index contributed by atoms with van der Waals surface area (Å²) in [5, 5.41) is 5.74. The molecule has 4 heteroatoms. The van der Waals surface area contributed by atoms with Crippen LogP contribution in [0.15, 0.2) is 17.5 Å². The van der Waals surface area contributed by atoms with Gasteiger partial charge in [-0.3, -0.25) is 4.79 Å². The van der Waals surface area contributed by atoms with E-state index in [9.17, 15) is 4.79 Å². The van der Waals surface area contributed by atoms with Gasteiger partial charge in [0.15, 0.2) is 0 Å². The second-order valence-corrected chi connectivity index (χ2v) is 6.66. The van der Waals surface area contributed by atoms with Gasteiger partial charge in [0, 0.05) is 25.2 Å². The Morgan fingerprint density at radius 3 is 2.74 bits per heavy atom. The molecule has 2 aliphatic rings. The first-order chi connectivity index (χ1) is 9.33. The summed E-state index contributed by atoms with van der Waals surface area (Å²) < 4.78 is 0. The van der Waals surface area contributed by atoms with Crippen molar-refractivity contribution in [3.8, 4) is 0 Å². The summed E-state index contributed by atoms with van der Waals surface area (Å²) in [7, 11) is 0. The van der Waals surface area contributed by atoms with Gasteiger partial charge in [0.2, 0.25) is 0 Å². The number of piperidine rings is 1. The molecule has 2 fully saturated rings. The Balaban J connectivity index is 1.56. The summed E-state index contributed by atoms with van der Waals surface area (Å²) >= 11 is 1.55. The molecule has 1 aliphatic heterocycles. The second-order valence-electron chi connectivity index (χ2n) is 5.72. The zero-order valence-electron chi connectivity index (χ0n) is 11.3. The van der Waals surface area contributed by atoms with Crippen LogP contribution in [0.25, 0.3) is 0 Å². The first kappa shape index (κ1) is 13.1. The maximum absolute atomic E-state index is 12.4. The number of nitrogens with zero attached hydrogens (tertiary/aromatic N) is 1. The van der Waals surface area contributed by atoms with E-state index in [-0.39, 0.29) is 5.91 Å². The van der Waals surface area contributed by atoms with E-state index in [4.69, 9.17) is 0 Å². The van der Waals surface area contributed by atoms with Gasteiger partial charge in [-0.2, -0.15) is 0 Å². The van der Waals surface area contributed by atoms with Crippen LogP contribution >= 0.6 is 11.3 Å². The fourth-order valence-electron chi connectivity index (χ4n) is 3.28. The van der Waals surface area contributed by atoms with Gasteiger partial charge >= 0.3 is 0 Å². The highest BCUT2D eigenvalue weighted by Gasteiger charge is 2.27. The minimum absolute atomic E-state index is 0.216. The van der Waals surface area contributed by atoms with E-state index in [0.717, 1.165) is 24.4 Å². The molecule has 3 nitrogen and oxygen atoms in total. The van der Waals surface area contributed by atoms with Crippen LogP contribution in [0.4, 0.5) is 0 Å². The van der Waals surface area contributed by atoms with E-state index in [1.165, 1.54) is 32.1 Å². The zero-order valence-corrected chi connectivity index (χ0v) is 12.1. The van der Waals surface area contributed by atoms with Gasteiger partial charge in [-0.1, -0.05) is 18.9 Å². The Labute approximate surface area is 119 Å². The van der Waals surface area contributed by atoms with Gasteiger partial charge in [-0.25, -0.2) is 0 Å². The molecule has 0 bridgehead atoms. The average molecular weight is 278 g/mol. The van der Waals surface area contributed by atoms with E-state index in [1.807, 2.05) is 22.4 Å². The van der Waals surface area contributed by atoms with Crippen LogP contribution in [0.5, 0.6) is 0 Å². The van der Waals surface area contributed by atoms with Gasteiger partial charge in [-0.05, 0) is 37.1 Å². The van der Waals surface area contributed by atoms with Crippen molar-refractivity contribution in [2.45, 2.75) is 50.6 Å². The predicted octanol–water partition coefficient (Wildman–Crippen LogP) is 2.88. The Morgan fingerprint density at radius 2 is 2.00 bits per heavy atom. The topological polar surface area (TPSA) is 32.3 Å². The van der Waals surface area contributed by atoms with Crippen LogP contribution in [0.3, 0.4) is 0 Å². The Morgan fingerprint density at radius 1 is 1.21 bits per heavy atom. The average Bonchev–Trinajstić information content (AvgIpc) is 3.11. The van der Waals surface area contributed by atoms with Crippen LogP contribution in [-0.2, 0) is 0 Å². The minimum Gasteiger partial charge on any atom is -0.336 e. The zero-order chi connectivity index (χ0) is 13.1. The number of carbonyl (C=O) groups excluding carboxylic acids is 1. The van der Waals surface area contributed by atoms with Crippen molar-refractivity contribution in [2.24, 2.45) is 0 Å². The fraction of sp³-hybridized carbons (Fsp3) is 0.667. The first-order valence-corrected chi connectivity index (χ1v) is 8.30. The van der Waals surface area contributed by atoms with Crippen molar-refractivity contribution in [3.63, 3.8) is 0 Å². The maximum Gasteiger partial charge on any atom is 0.263 e. The van der Waals surface area contributed by atoms with Crippen LogP contribution < -0.4 is 5.32 Å². The number of likely N-dealkylation sites (tertiary alicyclic amines) is 1. The highest BCUT2D eigenvalue weighted by Crippen LogP contribution is 2.21. The lowest BCUT2D eigenvalue weighted by Crippen LogP contribution is -2.50. The van der Waals surface area contributed by atoms with Crippen LogP contribution in [0.1, 0.15) is 48.2 Å². The maximum atomic E-state index is 12.4. The molecule has 3 rings (SSSR count). The molecular formula is C15H22N2OS. The lowest BCUT2D eigenvalue weighted by molar-refractivity contribution is 0.0694. The summed E-state index contributed by atoms with van der Waals surface area (Å²) in [6.45, 7) is 1.80. The number of nitrogens with one attached hydrogen (secondary N) is 1. The summed E-state index contributed by atoms with van der Waals surface area (Å²) in [5.41, 5.74) is 0. The van der Waals surface area contributed by atoms with Crippen LogP contribution in [0.2, 0.25) is 0 Å². The van der Waals surface area contributed by atoms with Crippen molar-refractivity contribution in [3.05, 3.63) is 22.4 Å². The lowest BCUT2D eigenvalue weighted by atomic mass is 10.0. The molecule has 2 heterocycles. The predicted molar refractivity (Wildman–Crippen MR) is 78.6 cm³/mol. The van der Waals surface area contributed by atoms with Crippen molar-refractivity contribution in [1.29, 1.82) is 0 Å². The molecule has 1 atom stereocenters. The smallest absolute Gasteiger partial charge is 0.263 e. The monoisotopic (exact) mass is 278 g/mol. The number of rotatable bonds is 3. The molecule has 0 radical (unpaired) electrons. The Kier molecular flexibility index (Phi) is 4.18. The summed E-state index contributed by atoms with van der Waals surface area (Å²) in [5.74, 6) is 0.216. The van der Waals surface area contributed by atoms with Crippen molar-refractivity contribution < 1.29 is 4.79 Å². The molecule has 0 aromatic carbocycles. The molecule has 0 spiro atoms. The summed E-state index contributed by atoms with van der Waals surface area (Å²) in [4.78, 5) is 15.3. The standard InChI is InChI=1S/C15H22N2OS/c18-15(14-8-4-10-19-14)17-9-3-7-13(11-17)16-12-5-1-2-6-12/h4,8,10,12-13,16H,1-3,5-7,9,11H2. The van der Waals surface area contributed by atoms with E-state index < -0.39 is 0 Å². The van der Waals surface area contributed by atoms with Crippen molar-refractivity contribution in [1.82, 2.24) is 10.2 Å². The number of hydrogen-bond donors (Lipinski definition) is 1. The molecule has 1 aromatic rings. The molecule has 1 saturated carbocycles.